The van der Waals surface area contributed by atoms with Gasteiger partial charge in [0.2, 0.25) is 0 Å². The van der Waals surface area contributed by atoms with Crippen LogP contribution >= 0.6 is 11.6 Å². The molecule has 0 unspecified atom stereocenters. The van der Waals surface area contributed by atoms with Crippen molar-refractivity contribution in [3.05, 3.63) is 52.5 Å². The van der Waals surface area contributed by atoms with Crippen LogP contribution in [0.15, 0.2) is 36.4 Å². The summed E-state index contributed by atoms with van der Waals surface area (Å²) in [5.74, 6) is 0.634. The Morgan fingerprint density at radius 2 is 1.90 bits per heavy atom. The fourth-order valence-corrected chi connectivity index (χ4v) is 2.53. The van der Waals surface area contributed by atoms with Crippen molar-refractivity contribution in [2.24, 2.45) is 0 Å². The van der Waals surface area contributed by atoms with Gasteiger partial charge in [0, 0.05) is 11.3 Å². The summed E-state index contributed by atoms with van der Waals surface area (Å²) in [4.78, 5) is 0. The number of nitrogens with two attached hydrogens (primary N) is 1. The normalized spacial score (nSPS) is 10.8. The van der Waals surface area contributed by atoms with Crippen LogP contribution in [0.5, 0.6) is 0 Å². The average molecular weight is 300 g/mol. The number of aromatic nitrogens is 4. The van der Waals surface area contributed by atoms with Crippen molar-refractivity contribution in [1.29, 1.82) is 0 Å². The molecule has 5 nitrogen and oxygen atoms in total. The Balaban J connectivity index is 2.20. The summed E-state index contributed by atoms with van der Waals surface area (Å²) in [5, 5.41) is 12.6. The number of para-hydroxylation sites is 1. The largest absolute Gasteiger partial charge is 0.399 e. The number of benzene rings is 2. The quantitative estimate of drug-likeness (QED) is 0.738. The molecule has 0 fully saturated rings. The second-order valence-corrected chi connectivity index (χ2v) is 5.30. The Morgan fingerprint density at radius 3 is 2.62 bits per heavy atom. The molecule has 2 N–H and O–H groups in total. The van der Waals surface area contributed by atoms with Crippen LogP contribution in [0.1, 0.15) is 11.1 Å². The highest BCUT2D eigenvalue weighted by Crippen LogP contribution is 2.28. The lowest BCUT2D eigenvalue weighted by Gasteiger charge is -2.10. The van der Waals surface area contributed by atoms with Crippen molar-refractivity contribution >= 4 is 17.3 Å². The summed E-state index contributed by atoms with van der Waals surface area (Å²) >= 11 is 6.30. The fraction of sp³-hybridized carbons (Fsp3) is 0.133. The standard InChI is InChI=1S/C15H14ClN5/c1-9-4-3-5-12(16)14(9)21-15(18-19-20-21)11-6-7-13(17)10(2)8-11/h3-8H,17H2,1-2H3. The molecule has 0 saturated heterocycles. The highest BCUT2D eigenvalue weighted by molar-refractivity contribution is 6.32. The van der Waals surface area contributed by atoms with Crippen molar-refractivity contribution in [1.82, 2.24) is 20.2 Å². The monoisotopic (exact) mass is 299 g/mol. The lowest BCUT2D eigenvalue weighted by atomic mass is 10.1. The van der Waals surface area contributed by atoms with E-state index in [1.807, 2.05) is 50.2 Å². The maximum Gasteiger partial charge on any atom is 0.187 e. The molecule has 3 rings (SSSR count). The molecule has 1 aromatic heterocycles. The summed E-state index contributed by atoms with van der Waals surface area (Å²) in [6.07, 6.45) is 0. The Hall–Kier alpha value is -2.40. The Bertz CT molecular complexity index is 789. The van der Waals surface area contributed by atoms with E-state index in [2.05, 4.69) is 15.5 Å². The summed E-state index contributed by atoms with van der Waals surface area (Å²) in [7, 11) is 0. The number of aryl methyl sites for hydroxylation is 2. The predicted molar refractivity (Wildman–Crippen MR) is 83.5 cm³/mol. The zero-order chi connectivity index (χ0) is 15.0. The van der Waals surface area contributed by atoms with Crippen LogP contribution in [-0.4, -0.2) is 20.2 Å². The first kappa shape index (κ1) is 13.6. The van der Waals surface area contributed by atoms with E-state index in [-0.39, 0.29) is 0 Å². The van der Waals surface area contributed by atoms with Gasteiger partial charge in [-0.2, -0.15) is 4.68 Å². The molecule has 106 valence electrons. The Labute approximate surface area is 127 Å². The van der Waals surface area contributed by atoms with Gasteiger partial charge < -0.3 is 5.73 Å². The molecule has 0 radical (unpaired) electrons. The van der Waals surface area contributed by atoms with Gasteiger partial charge in [0.1, 0.15) is 0 Å². The van der Waals surface area contributed by atoms with Gasteiger partial charge in [-0.05, 0) is 59.7 Å². The van der Waals surface area contributed by atoms with E-state index in [9.17, 15) is 0 Å². The molecule has 0 aliphatic rings. The summed E-state index contributed by atoms with van der Waals surface area (Å²) in [5.41, 5.74) is 10.3. The van der Waals surface area contributed by atoms with E-state index >= 15 is 0 Å². The molecule has 0 aliphatic heterocycles. The van der Waals surface area contributed by atoms with Gasteiger partial charge in [0.05, 0.1) is 10.7 Å². The number of nitrogen functional groups attached to an aromatic ring is 1. The topological polar surface area (TPSA) is 69.6 Å². The van der Waals surface area contributed by atoms with Crippen LogP contribution in [0.3, 0.4) is 0 Å². The van der Waals surface area contributed by atoms with E-state index in [0.717, 1.165) is 28.1 Å². The van der Waals surface area contributed by atoms with Crippen molar-refractivity contribution in [2.75, 3.05) is 5.73 Å². The maximum atomic E-state index is 6.30. The van der Waals surface area contributed by atoms with Crippen molar-refractivity contribution in [3.63, 3.8) is 0 Å². The van der Waals surface area contributed by atoms with Crippen LogP contribution in [0.25, 0.3) is 17.1 Å². The van der Waals surface area contributed by atoms with E-state index in [1.54, 1.807) is 4.68 Å². The van der Waals surface area contributed by atoms with Crippen molar-refractivity contribution < 1.29 is 0 Å². The first-order valence-electron chi connectivity index (χ1n) is 6.48. The molecule has 0 atom stereocenters. The van der Waals surface area contributed by atoms with E-state index < -0.39 is 0 Å². The molecular formula is C15H14ClN5. The zero-order valence-electron chi connectivity index (χ0n) is 11.7. The molecule has 1 heterocycles. The number of tetrazole rings is 1. The Kier molecular flexibility index (Phi) is 3.35. The van der Waals surface area contributed by atoms with Gasteiger partial charge >= 0.3 is 0 Å². The number of hydrogen-bond acceptors (Lipinski definition) is 4. The predicted octanol–water partition coefficient (Wildman–Crippen LogP) is 3.18. The zero-order valence-corrected chi connectivity index (χ0v) is 12.5. The van der Waals surface area contributed by atoms with Gasteiger partial charge in [-0.15, -0.1) is 5.10 Å². The number of anilines is 1. The third-order valence-electron chi connectivity index (χ3n) is 3.40. The number of nitrogens with zero attached hydrogens (tertiary/aromatic N) is 4. The molecule has 0 spiro atoms. The average Bonchev–Trinajstić information content (AvgIpc) is 2.91. The van der Waals surface area contributed by atoms with Crippen LogP contribution in [0.2, 0.25) is 5.02 Å². The van der Waals surface area contributed by atoms with Gasteiger partial charge in [-0.25, -0.2) is 0 Å². The molecule has 0 bridgehead atoms. The van der Waals surface area contributed by atoms with Gasteiger partial charge in [0.25, 0.3) is 0 Å². The molecular weight excluding hydrogens is 286 g/mol. The van der Waals surface area contributed by atoms with E-state index in [1.165, 1.54) is 0 Å². The molecule has 3 aromatic rings. The third-order valence-corrected chi connectivity index (χ3v) is 3.70. The van der Waals surface area contributed by atoms with Crippen LogP contribution in [0.4, 0.5) is 5.69 Å². The minimum Gasteiger partial charge on any atom is -0.399 e. The van der Waals surface area contributed by atoms with Crippen LogP contribution in [0, 0.1) is 13.8 Å². The summed E-state index contributed by atoms with van der Waals surface area (Å²) < 4.78 is 1.66. The highest BCUT2D eigenvalue weighted by atomic mass is 35.5. The van der Waals surface area contributed by atoms with Gasteiger partial charge in [-0.3, -0.25) is 0 Å². The second kappa shape index (κ2) is 5.18. The second-order valence-electron chi connectivity index (χ2n) is 4.89. The number of hydrogen-bond donors (Lipinski definition) is 1. The van der Waals surface area contributed by atoms with Gasteiger partial charge in [-0.1, -0.05) is 23.7 Å². The molecule has 2 aromatic carbocycles. The third kappa shape index (κ3) is 2.36. The Morgan fingerprint density at radius 1 is 1.10 bits per heavy atom. The van der Waals surface area contributed by atoms with E-state index in [4.69, 9.17) is 17.3 Å². The molecule has 21 heavy (non-hydrogen) atoms. The molecule has 0 aliphatic carbocycles. The molecule has 0 amide bonds. The fourth-order valence-electron chi connectivity index (χ4n) is 2.22. The van der Waals surface area contributed by atoms with Crippen molar-refractivity contribution in [3.8, 4) is 17.1 Å². The highest BCUT2D eigenvalue weighted by Gasteiger charge is 2.15. The van der Waals surface area contributed by atoms with Crippen LogP contribution in [-0.2, 0) is 0 Å². The van der Waals surface area contributed by atoms with Crippen LogP contribution < -0.4 is 5.73 Å². The first-order valence-corrected chi connectivity index (χ1v) is 6.86. The molecule has 0 saturated carbocycles. The summed E-state index contributed by atoms with van der Waals surface area (Å²) in [6, 6.07) is 11.4. The minimum atomic E-state index is 0.607. The van der Waals surface area contributed by atoms with Gasteiger partial charge in [0.15, 0.2) is 5.82 Å². The maximum absolute atomic E-state index is 6.30. The SMILES string of the molecule is Cc1cc(-c2nnnn2-c2c(C)cccc2Cl)ccc1N. The van der Waals surface area contributed by atoms with E-state index in [0.29, 0.717) is 10.8 Å². The lowest BCUT2D eigenvalue weighted by molar-refractivity contribution is 0.787. The summed E-state index contributed by atoms with van der Waals surface area (Å²) in [6.45, 7) is 3.93. The smallest absolute Gasteiger partial charge is 0.187 e. The lowest BCUT2D eigenvalue weighted by Crippen LogP contribution is -2.03. The molecule has 6 heteroatoms. The number of rotatable bonds is 2. The first-order chi connectivity index (χ1) is 10.1. The minimum absolute atomic E-state index is 0.607. The van der Waals surface area contributed by atoms with Crippen molar-refractivity contribution in [2.45, 2.75) is 13.8 Å². The number of halogens is 1.